The molecular formula is C27H30N2O4. The van der Waals surface area contributed by atoms with Crippen LogP contribution in [0.1, 0.15) is 16.7 Å². The highest BCUT2D eigenvalue weighted by Gasteiger charge is 2.30. The molecule has 0 unspecified atom stereocenters. The SMILES string of the molecule is CNC(=O)[C@@H](Cc1ccccc1)N(Cc1cccc(C)c1)C(=O)COc1ccc(OC)cc1. The van der Waals surface area contributed by atoms with E-state index < -0.39 is 6.04 Å². The largest absolute Gasteiger partial charge is 0.497 e. The van der Waals surface area contributed by atoms with E-state index in [1.165, 1.54) is 0 Å². The zero-order valence-corrected chi connectivity index (χ0v) is 19.3. The smallest absolute Gasteiger partial charge is 0.261 e. The molecule has 6 heteroatoms. The number of benzene rings is 3. The van der Waals surface area contributed by atoms with Gasteiger partial charge in [0.1, 0.15) is 17.5 Å². The molecule has 0 fully saturated rings. The topological polar surface area (TPSA) is 67.9 Å². The fourth-order valence-electron chi connectivity index (χ4n) is 3.63. The second-order valence-electron chi connectivity index (χ2n) is 7.79. The van der Waals surface area contributed by atoms with Gasteiger partial charge in [-0.05, 0) is 42.3 Å². The summed E-state index contributed by atoms with van der Waals surface area (Å²) in [4.78, 5) is 27.9. The molecule has 1 N–H and O–H groups in total. The van der Waals surface area contributed by atoms with Crippen molar-refractivity contribution in [3.8, 4) is 11.5 Å². The molecule has 0 aromatic heterocycles. The van der Waals surface area contributed by atoms with Crippen molar-refractivity contribution in [2.75, 3.05) is 20.8 Å². The third kappa shape index (κ3) is 6.84. The van der Waals surface area contributed by atoms with Gasteiger partial charge in [0.05, 0.1) is 7.11 Å². The molecule has 172 valence electrons. The van der Waals surface area contributed by atoms with Crippen LogP contribution in [0.3, 0.4) is 0 Å². The Balaban J connectivity index is 1.85. The molecule has 0 aliphatic heterocycles. The summed E-state index contributed by atoms with van der Waals surface area (Å²) < 4.78 is 10.9. The van der Waals surface area contributed by atoms with Crippen LogP contribution in [0.4, 0.5) is 0 Å². The Morgan fingerprint density at radius 2 is 1.58 bits per heavy atom. The van der Waals surface area contributed by atoms with E-state index in [0.29, 0.717) is 24.5 Å². The highest BCUT2D eigenvalue weighted by atomic mass is 16.5. The molecule has 0 aliphatic rings. The van der Waals surface area contributed by atoms with Gasteiger partial charge >= 0.3 is 0 Å². The molecule has 6 nitrogen and oxygen atoms in total. The predicted molar refractivity (Wildman–Crippen MR) is 128 cm³/mol. The molecule has 3 rings (SSSR count). The fourth-order valence-corrected chi connectivity index (χ4v) is 3.63. The van der Waals surface area contributed by atoms with Crippen LogP contribution in [0.5, 0.6) is 11.5 Å². The van der Waals surface area contributed by atoms with Crippen molar-refractivity contribution < 1.29 is 19.1 Å². The summed E-state index contributed by atoms with van der Waals surface area (Å²) in [5, 5.41) is 2.72. The summed E-state index contributed by atoms with van der Waals surface area (Å²) in [5.74, 6) is 0.776. The van der Waals surface area contributed by atoms with Crippen LogP contribution < -0.4 is 14.8 Å². The summed E-state index contributed by atoms with van der Waals surface area (Å²) in [7, 11) is 3.18. The summed E-state index contributed by atoms with van der Waals surface area (Å²) in [5.41, 5.74) is 3.02. The van der Waals surface area contributed by atoms with Crippen LogP contribution >= 0.6 is 0 Å². The fraction of sp³-hybridized carbons (Fsp3) is 0.259. The summed E-state index contributed by atoms with van der Waals surface area (Å²) in [6.45, 7) is 2.13. The first-order chi connectivity index (χ1) is 16.0. The first kappa shape index (κ1) is 23.9. The van der Waals surface area contributed by atoms with E-state index in [0.717, 1.165) is 16.7 Å². The number of aryl methyl sites for hydroxylation is 1. The van der Waals surface area contributed by atoms with E-state index in [-0.39, 0.29) is 18.4 Å². The van der Waals surface area contributed by atoms with E-state index in [2.05, 4.69) is 5.32 Å². The minimum absolute atomic E-state index is 0.180. The van der Waals surface area contributed by atoms with Gasteiger partial charge in [0.15, 0.2) is 6.61 Å². The second-order valence-corrected chi connectivity index (χ2v) is 7.79. The maximum Gasteiger partial charge on any atom is 0.261 e. The zero-order chi connectivity index (χ0) is 23.6. The highest BCUT2D eigenvalue weighted by Crippen LogP contribution is 2.19. The Morgan fingerprint density at radius 1 is 0.909 bits per heavy atom. The first-order valence-electron chi connectivity index (χ1n) is 10.9. The maximum atomic E-state index is 13.4. The minimum Gasteiger partial charge on any atom is -0.497 e. The molecule has 0 saturated heterocycles. The number of rotatable bonds is 10. The number of hydrogen-bond donors (Lipinski definition) is 1. The monoisotopic (exact) mass is 446 g/mol. The average molecular weight is 447 g/mol. The van der Waals surface area contributed by atoms with Crippen molar-refractivity contribution in [1.29, 1.82) is 0 Å². The summed E-state index contributed by atoms with van der Waals surface area (Å²) in [6, 6.07) is 24.0. The normalized spacial score (nSPS) is 11.4. The van der Waals surface area contributed by atoms with E-state index in [1.807, 2.05) is 61.5 Å². The number of ether oxygens (including phenoxy) is 2. The maximum absolute atomic E-state index is 13.4. The van der Waals surface area contributed by atoms with Crippen molar-refractivity contribution in [2.45, 2.75) is 25.9 Å². The number of likely N-dealkylation sites (N-methyl/N-ethyl adjacent to an activating group) is 1. The molecule has 33 heavy (non-hydrogen) atoms. The third-order valence-corrected chi connectivity index (χ3v) is 5.37. The highest BCUT2D eigenvalue weighted by molar-refractivity contribution is 5.88. The lowest BCUT2D eigenvalue weighted by molar-refractivity contribution is -0.142. The Kier molecular flexibility index (Phi) is 8.47. The van der Waals surface area contributed by atoms with Gasteiger partial charge in [0, 0.05) is 20.0 Å². The molecular weight excluding hydrogens is 416 g/mol. The Hall–Kier alpha value is -3.80. The Morgan fingerprint density at radius 3 is 2.21 bits per heavy atom. The molecule has 0 saturated carbocycles. The van der Waals surface area contributed by atoms with Crippen LogP contribution in [0.15, 0.2) is 78.9 Å². The van der Waals surface area contributed by atoms with E-state index in [9.17, 15) is 9.59 Å². The van der Waals surface area contributed by atoms with Crippen LogP contribution in [0.25, 0.3) is 0 Å². The quantitative estimate of drug-likeness (QED) is 0.515. The number of nitrogens with one attached hydrogen (secondary N) is 1. The van der Waals surface area contributed by atoms with Crippen molar-refractivity contribution >= 4 is 11.8 Å². The van der Waals surface area contributed by atoms with Gasteiger partial charge in [-0.25, -0.2) is 0 Å². The number of nitrogens with zero attached hydrogens (tertiary/aromatic N) is 1. The number of amides is 2. The lowest BCUT2D eigenvalue weighted by Crippen LogP contribution is -2.51. The van der Waals surface area contributed by atoms with Crippen molar-refractivity contribution in [3.05, 3.63) is 95.6 Å². The van der Waals surface area contributed by atoms with Crippen molar-refractivity contribution in [3.63, 3.8) is 0 Å². The average Bonchev–Trinajstić information content (AvgIpc) is 2.85. The Labute approximate surface area is 195 Å². The third-order valence-electron chi connectivity index (χ3n) is 5.37. The van der Waals surface area contributed by atoms with Crippen molar-refractivity contribution in [1.82, 2.24) is 10.2 Å². The molecule has 3 aromatic carbocycles. The van der Waals surface area contributed by atoms with Crippen molar-refractivity contribution in [2.24, 2.45) is 0 Å². The lowest BCUT2D eigenvalue weighted by atomic mass is 10.0. The molecule has 1 atom stereocenters. The van der Waals surface area contributed by atoms with Gasteiger partial charge in [-0.2, -0.15) is 0 Å². The number of carbonyl (C=O) groups is 2. The first-order valence-corrected chi connectivity index (χ1v) is 10.9. The van der Waals surface area contributed by atoms with E-state index in [1.54, 1.807) is 43.3 Å². The van der Waals surface area contributed by atoms with Crippen LogP contribution in [0.2, 0.25) is 0 Å². The molecule has 3 aromatic rings. The number of carbonyl (C=O) groups excluding carboxylic acids is 2. The number of hydrogen-bond acceptors (Lipinski definition) is 4. The predicted octanol–water partition coefficient (Wildman–Crippen LogP) is 3.77. The molecule has 0 spiro atoms. The molecule has 0 bridgehead atoms. The molecule has 0 aliphatic carbocycles. The molecule has 2 amide bonds. The Bertz CT molecular complexity index is 1050. The van der Waals surface area contributed by atoms with Crippen LogP contribution in [-0.2, 0) is 22.6 Å². The summed E-state index contributed by atoms with van der Waals surface area (Å²) >= 11 is 0. The number of methoxy groups -OCH3 is 1. The van der Waals surface area contributed by atoms with Crippen LogP contribution in [-0.4, -0.2) is 43.5 Å². The standard InChI is InChI=1S/C27H30N2O4/c1-20-8-7-11-22(16-20)18-29(25(27(31)28-2)17-21-9-5-4-6-10-21)26(30)19-33-24-14-12-23(32-3)13-15-24/h4-16,25H,17-19H2,1-3H3,(H,28,31)/t25-/m1/s1. The van der Waals surface area contributed by atoms with Gasteiger partial charge in [-0.15, -0.1) is 0 Å². The van der Waals surface area contributed by atoms with Gasteiger partial charge in [-0.3, -0.25) is 9.59 Å². The second kappa shape index (κ2) is 11.7. The molecule has 0 heterocycles. The van der Waals surface area contributed by atoms with E-state index in [4.69, 9.17) is 9.47 Å². The van der Waals surface area contributed by atoms with Gasteiger partial charge in [0.2, 0.25) is 5.91 Å². The van der Waals surface area contributed by atoms with E-state index >= 15 is 0 Å². The summed E-state index contributed by atoms with van der Waals surface area (Å²) in [6.07, 6.45) is 0.403. The van der Waals surface area contributed by atoms with Gasteiger partial charge in [0.25, 0.3) is 5.91 Å². The van der Waals surface area contributed by atoms with Gasteiger partial charge in [-0.1, -0.05) is 60.2 Å². The lowest BCUT2D eigenvalue weighted by Gasteiger charge is -2.31. The minimum atomic E-state index is -0.676. The zero-order valence-electron chi connectivity index (χ0n) is 19.3. The van der Waals surface area contributed by atoms with Crippen LogP contribution in [0, 0.1) is 6.92 Å². The van der Waals surface area contributed by atoms with Gasteiger partial charge < -0.3 is 19.7 Å². The molecule has 0 radical (unpaired) electrons.